The summed E-state index contributed by atoms with van der Waals surface area (Å²) in [6, 6.07) is 15.9. The van der Waals surface area contributed by atoms with Crippen LogP contribution in [-0.2, 0) is 17.8 Å². The van der Waals surface area contributed by atoms with Crippen molar-refractivity contribution < 1.29 is 4.74 Å². The normalized spacial score (nSPS) is 15.4. The lowest BCUT2D eigenvalue weighted by Crippen LogP contribution is -2.35. The van der Waals surface area contributed by atoms with Crippen molar-refractivity contribution in [1.29, 1.82) is 0 Å². The molecule has 0 saturated carbocycles. The van der Waals surface area contributed by atoms with Gasteiger partial charge in [-0.2, -0.15) is 0 Å². The van der Waals surface area contributed by atoms with Gasteiger partial charge >= 0.3 is 0 Å². The van der Waals surface area contributed by atoms with Crippen LogP contribution < -0.4 is 5.56 Å². The Bertz CT molecular complexity index is 1020. The summed E-state index contributed by atoms with van der Waals surface area (Å²) in [6.07, 6.45) is 0. The Morgan fingerprint density at radius 1 is 0.962 bits per heavy atom. The number of H-pyrrole nitrogens is 1. The predicted octanol–water partition coefficient (Wildman–Crippen LogP) is 2.94. The van der Waals surface area contributed by atoms with Gasteiger partial charge in [0.1, 0.15) is 0 Å². The van der Waals surface area contributed by atoms with Gasteiger partial charge in [0.2, 0.25) is 0 Å². The summed E-state index contributed by atoms with van der Waals surface area (Å²) in [4.78, 5) is 18.3. The lowest BCUT2D eigenvalue weighted by molar-refractivity contribution is 0.0342. The molecule has 6 heteroatoms. The maximum Gasteiger partial charge on any atom is 0.262 e. The monoisotopic (exact) mass is 367 g/mol. The van der Waals surface area contributed by atoms with Crippen molar-refractivity contribution in [2.45, 2.75) is 13.1 Å². The van der Waals surface area contributed by atoms with Crippen LogP contribution in [0.1, 0.15) is 11.1 Å². The standard InChI is InChI=1S/C20H21N3O2S/c24-19-17-3-1-2-4-18(17)21-20(26)23(19)14-16-7-5-15(6-8-16)13-22-9-11-25-12-10-22/h1-8H,9-14H2,(H,21,26). The molecule has 4 rings (SSSR count). The number of aromatic nitrogens is 2. The maximum atomic E-state index is 12.7. The topological polar surface area (TPSA) is 50.3 Å². The number of benzene rings is 2. The molecule has 2 aromatic carbocycles. The largest absolute Gasteiger partial charge is 0.379 e. The molecule has 1 aliphatic rings. The van der Waals surface area contributed by atoms with Gasteiger partial charge in [0.05, 0.1) is 30.7 Å². The number of fused-ring (bicyclic) bond motifs is 1. The number of para-hydroxylation sites is 1. The van der Waals surface area contributed by atoms with Crippen LogP contribution in [-0.4, -0.2) is 40.8 Å². The number of morpholine rings is 1. The Morgan fingerprint density at radius 2 is 1.62 bits per heavy atom. The highest BCUT2D eigenvalue weighted by atomic mass is 32.1. The second kappa shape index (κ2) is 7.53. The van der Waals surface area contributed by atoms with Gasteiger partial charge in [-0.15, -0.1) is 0 Å². The molecule has 1 aliphatic heterocycles. The zero-order valence-corrected chi connectivity index (χ0v) is 15.3. The number of hydrogen-bond acceptors (Lipinski definition) is 4. The third-order valence-corrected chi connectivity index (χ3v) is 5.09. The lowest BCUT2D eigenvalue weighted by atomic mass is 10.1. The van der Waals surface area contributed by atoms with E-state index in [1.807, 2.05) is 24.3 Å². The van der Waals surface area contributed by atoms with Crippen LogP contribution in [0.3, 0.4) is 0 Å². The van der Waals surface area contributed by atoms with E-state index in [-0.39, 0.29) is 5.56 Å². The van der Waals surface area contributed by atoms with Crippen molar-refractivity contribution in [3.05, 3.63) is 74.8 Å². The lowest BCUT2D eigenvalue weighted by Gasteiger charge is -2.26. The van der Waals surface area contributed by atoms with Crippen molar-refractivity contribution in [2.24, 2.45) is 0 Å². The summed E-state index contributed by atoms with van der Waals surface area (Å²) in [5, 5.41) is 0.657. The van der Waals surface area contributed by atoms with Crippen molar-refractivity contribution in [3.8, 4) is 0 Å². The molecule has 1 aromatic heterocycles. The molecule has 0 radical (unpaired) electrons. The van der Waals surface area contributed by atoms with Crippen LogP contribution in [0, 0.1) is 4.77 Å². The van der Waals surface area contributed by atoms with Gasteiger partial charge in [0.25, 0.3) is 5.56 Å². The smallest absolute Gasteiger partial charge is 0.262 e. The SMILES string of the molecule is O=c1c2ccccc2[nH]c(=S)n1Cc1ccc(CN2CCOCC2)cc1. The molecule has 0 atom stereocenters. The fourth-order valence-electron chi connectivity index (χ4n) is 3.29. The zero-order valence-electron chi connectivity index (χ0n) is 14.5. The molecule has 3 aromatic rings. The summed E-state index contributed by atoms with van der Waals surface area (Å²) in [7, 11) is 0. The first-order chi connectivity index (χ1) is 12.7. The van der Waals surface area contributed by atoms with Gasteiger partial charge in [-0.05, 0) is 35.5 Å². The van der Waals surface area contributed by atoms with Crippen molar-refractivity contribution in [3.63, 3.8) is 0 Å². The number of rotatable bonds is 4. The van der Waals surface area contributed by atoms with E-state index < -0.39 is 0 Å². The van der Waals surface area contributed by atoms with Gasteiger partial charge in [0, 0.05) is 19.6 Å². The summed E-state index contributed by atoms with van der Waals surface area (Å²) >= 11 is 5.39. The summed E-state index contributed by atoms with van der Waals surface area (Å²) < 4.78 is 7.46. The van der Waals surface area contributed by atoms with Crippen LogP contribution in [0.4, 0.5) is 0 Å². The van der Waals surface area contributed by atoms with E-state index in [2.05, 4.69) is 34.1 Å². The number of aromatic amines is 1. The van der Waals surface area contributed by atoms with Crippen molar-refractivity contribution >= 4 is 23.1 Å². The van der Waals surface area contributed by atoms with E-state index in [0.717, 1.165) is 43.9 Å². The molecule has 2 heterocycles. The zero-order chi connectivity index (χ0) is 17.9. The van der Waals surface area contributed by atoms with Crippen LogP contribution in [0.5, 0.6) is 0 Å². The van der Waals surface area contributed by atoms with E-state index in [1.165, 1.54) is 5.56 Å². The second-order valence-corrected chi connectivity index (χ2v) is 6.96. The van der Waals surface area contributed by atoms with E-state index in [9.17, 15) is 4.79 Å². The molecule has 1 fully saturated rings. The molecule has 26 heavy (non-hydrogen) atoms. The highest BCUT2D eigenvalue weighted by Crippen LogP contribution is 2.11. The number of hydrogen-bond donors (Lipinski definition) is 1. The average molecular weight is 367 g/mol. The van der Waals surface area contributed by atoms with Crippen LogP contribution in [0.15, 0.2) is 53.3 Å². The Hall–Kier alpha value is -2.28. The maximum absolute atomic E-state index is 12.7. The minimum absolute atomic E-state index is 0.0539. The molecule has 0 amide bonds. The van der Waals surface area contributed by atoms with E-state index in [4.69, 9.17) is 17.0 Å². The quantitative estimate of drug-likeness (QED) is 0.721. The van der Waals surface area contributed by atoms with Gasteiger partial charge in [-0.25, -0.2) is 0 Å². The van der Waals surface area contributed by atoms with E-state index >= 15 is 0 Å². The first kappa shape index (κ1) is 17.1. The van der Waals surface area contributed by atoms with Crippen molar-refractivity contribution in [1.82, 2.24) is 14.5 Å². The molecule has 0 aliphatic carbocycles. The Morgan fingerprint density at radius 3 is 2.35 bits per heavy atom. The highest BCUT2D eigenvalue weighted by molar-refractivity contribution is 7.71. The fraction of sp³-hybridized carbons (Fsp3) is 0.300. The number of nitrogens with one attached hydrogen (secondary N) is 1. The second-order valence-electron chi connectivity index (χ2n) is 6.57. The van der Waals surface area contributed by atoms with Crippen LogP contribution in [0.2, 0.25) is 0 Å². The van der Waals surface area contributed by atoms with Gasteiger partial charge < -0.3 is 9.72 Å². The Kier molecular flexibility index (Phi) is 4.97. The molecular formula is C20H21N3O2S. The Labute approximate surface area is 156 Å². The van der Waals surface area contributed by atoms with Gasteiger partial charge in [0.15, 0.2) is 4.77 Å². The van der Waals surface area contributed by atoms with Gasteiger partial charge in [-0.1, -0.05) is 36.4 Å². The third-order valence-electron chi connectivity index (χ3n) is 4.76. The first-order valence-electron chi connectivity index (χ1n) is 8.80. The predicted molar refractivity (Wildman–Crippen MR) is 105 cm³/mol. The van der Waals surface area contributed by atoms with Crippen molar-refractivity contribution in [2.75, 3.05) is 26.3 Å². The highest BCUT2D eigenvalue weighted by Gasteiger charge is 2.11. The minimum Gasteiger partial charge on any atom is -0.379 e. The molecule has 5 nitrogen and oxygen atoms in total. The summed E-state index contributed by atoms with van der Waals surface area (Å²) in [5.74, 6) is 0. The molecule has 1 N–H and O–H groups in total. The molecule has 134 valence electrons. The van der Waals surface area contributed by atoms with E-state index in [0.29, 0.717) is 16.7 Å². The van der Waals surface area contributed by atoms with Crippen LogP contribution >= 0.6 is 12.2 Å². The average Bonchev–Trinajstić information content (AvgIpc) is 2.67. The Balaban J connectivity index is 1.55. The minimum atomic E-state index is -0.0539. The van der Waals surface area contributed by atoms with Gasteiger partial charge in [-0.3, -0.25) is 14.3 Å². The number of ether oxygens (including phenoxy) is 1. The molecule has 1 saturated heterocycles. The first-order valence-corrected chi connectivity index (χ1v) is 9.21. The molecular weight excluding hydrogens is 346 g/mol. The fourth-order valence-corrected chi connectivity index (χ4v) is 3.55. The summed E-state index contributed by atoms with van der Waals surface area (Å²) in [6.45, 7) is 4.96. The summed E-state index contributed by atoms with van der Waals surface area (Å²) in [5.41, 5.74) is 3.06. The molecule has 0 spiro atoms. The van der Waals surface area contributed by atoms with E-state index in [1.54, 1.807) is 4.57 Å². The number of nitrogens with zero attached hydrogens (tertiary/aromatic N) is 2. The third kappa shape index (κ3) is 3.62. The molecule has 0 bridgehead atoms. The molecule has 0 unspecified atom stereocenters. The van der Waals surface area contributed by atoms with Crippen LogP contribution in [0.25, 0.3) is 10.9 Å².